The topological polar surface area (TPSA) is 30.7 Å². The van der Waals surface area contributed by atoms with Gasteiger partial charge in [-0.3, -0.25) is 0 Å². The van der Waals surface area contributed by atoms with Crippen LogP contribution in [0.3, 0.4) is 0 Å². The maximum absolute atomic E-state index is 4.75. The van der Waals surface area contributed by atoms with Crippen molar-refractivity contribution in [3.63, 3.8) is 0 Å². The molecule has 0 amide bonds. The Morgan fingerprint density at radius 2 is 1.70 bits per heavy atom. The van der Waals surface area contributed by atoms with Crippen molar-refractivity contribution in [1.82, 2.24) is 14.8 Å². The van der Waals surface area contributed by atoms with E-state index < -0.39 is 0 Å². The lowest BCUT2D eigenvalue weighted by molar-refractivity contribution is 0.480. The summed E-state index contributed by atoms with van der Waals surface area (Å²) in [6.07, 6.45) is 3.48. The smallest absolute Gasteiger partial charge is 0.181 e. The Kier molecular flexibility index (Phi) is 3.49. The molecule has 23 heavy (non-hydrogen) atoms. The third-order valence-electron chi connectivity index (χ3n) is 4.62. The lowest BCUT2D eigenvalue weighted by Crippen LogP contribution is -2.11. The van der Waals surface area contributed by atoms with Gasteiger partial charge in [-0.05, 0) is 43.4 Å². The van der Waals surface area contributed by atoms with E-state index in [1.54, 1.807) is 0 Å². The van der Waals surface area contributed by atoms with Crippen LogP contribution in [-0.4, -0.2) is 14.8 Å². The zero-order valence-electron chi connectivity index (χ0n) is 13.7. The van der Waals surface area contributed by atoms with Crippen LogP contribution in [0, 0.1) is 13.8 Å². The van der Waals surface area contributed by atoms with Crippen molar-refractivity contribution in [2.45, 2.75) is 39.7 Å². The Balaban J connectivity index is 1.70. The second-order valence-corrected chi connectivity index (χ2v) is 6.43. The predicted molar refractivity (Wildman–Crippen MR) is 93.3 cm³/mol. The molecule has 0 atom stereocenters. The highest BCUT2D eigenvalue weighted by molar-refractivity contribution is 5.70. The van der Waals surface area contributed by atoms with Crippen LogP contribution < -0.4 is 0 Å². The highest BCUT2D eigenvalue weighted by atomic mass is 15.3. The van der Waals surface area contributed by atoms with Gasteiger partial charge in [0.15, 0.2) is 5.82 Å². The van der Waals surface area contributed by atoms with Gasteiger partial charge in [-0.15, -0.1) is 0 Å². The third-order valence-corrected chi connectivity index (χ3v) is 4.62. The summed E-state index contributed by atoms with van der Waals surface area (Å²) in [7, 11) is 0. The zero-order valence-corrected chi connectivity index (χ0v) is 13.7. The van der Waals surface area contributed by atoms with Crippen LogP contribution in [-0.2, 0) is 13.0 Å². The van der Waals surface area contributed by atoms with E-state index in [0.29, 0.717) is 0 Å². The maximum Gasteiger partial charge on any atom is 0.181 e. The van der Waals surface area contributed by atoms with Crippen LogP contribution in [0.25, 0.3) is 22.5 Å². The Hall–Kier alpha value is -2.42. The first-order valence-electron chi connectivity index (χ1n) is 8.32. The van der Waals surface area contributed by atoms with Crippen molar-refractivity contribution < 1.29 is 0 Å². The van der Waals surface area contributed by atoms with Gasteiger partial charge < -0.3 is 0 Å². The molecule has 2 aromatic carbocycles. The van der Waals surface area contributed by atoms with Gasteiger partial charge in [0.1, 0.15) is 5.82 Å². The SMILES string of the molecule is Cc1ccc(-c2ccc(-c3nc4n(n3)CCCC4)c(C)c2)cc1. The molecular formula is C20H21N3. The molecule has 4 rings (SSSR count). The fourth-order valence-corrected chi connectivity index (χ4v) is 3.24. The van der Waals surface area contributed by atoms with E-state index in [4.69, 9.17) is 10.1 Å². The quantitative estimate of drug-likeness (QED) is 0.694. The minimum absolute atomic E-state index is 0.870. The molecule has 0 N–H and O–H groups in total. The number of fused-ring (bicyclic) bond motifs is 1. The summed E-state index contributed by atoms with van der Waals surface area (Å²) in [5.41, 5.74) is 6.15. The molecule has 2 heterocycles. The highest BCUT2D eigenvalue weighted by Crippen LogP contribution is 2.28. The molecule has 0 unspecified atom stereocenters. The summed E-state index contributed by atoms with van der Waals surface area (Å²) in [5, 5.41) is 4.70. The molecule has 0 radical (unpaired) electrons. The number of aromatic nitrogens is 3. The Labute approximate surface area is 137 Å². The van der Waals surface area contributed by atoms with Gasteiger partial charge >= 0.3 is 0 Å². The van der Waals surface area contributed by atoms with Gasteiger partial charge in [0, 0.05) is 18.5 Å². The van der Waals surface area contributed by atoms with E-state index in [1.807, 2.05) is 0 Å². The molecule has 0 aliphatic carbocycles. The maximum atomic E-state index is 4.75. The van der Waals surface area contributed by atoms with Gasteiger partial charge in [-0.25, -0.2) is 9.67 Å². The van der Waals surface area contributed by atoms with E-state index in [2.05, 4.69) is 61.0 Å². The average Bonchev–Trinajstić information content (AvgIpc) is 2.99. The summed E-state index contributed by atoms with van der Waals surface area (Å²) in [5.74, 6) is 2.00. The van der Waals surface area contributed by atoms with E-state index in [0.717, 1.165) is 30.2 Å². The van der Waals surface area contributed by atoms with E-state index in [1.165, 1.54) is 35.1 Å². The average molecular weight is 303 g/mol. The van der Waals surface area contributed by atoms with Crippen molar-refractivity contribution in [3.8, 4) is 22.5 Å². The van der Waals surface area contributed by atoms with Crippen LogP contribution in [0.1, 0.15) is 29.8 Å². The summed E-state index contributed by atoms with van der Waals surface area (Å²) >= 11 is 0. The Morgan fingerprint density at radius 3 is 2.43 bits per heavy atom. The van der Waals surface area contributed by atoms with Crippen LogP contribution in [0.5, 0.6) is 0 Å². The summed E-state index contributed by atoms with van der Waals surface area (Å²) in [6, 6.07) is 15.2. The van der Waals surface area contributed by atoms with Crippen molar-refractivity contribution in [2.24, 2.45) is 0 Å². The zero-order chi connectivity index (χ0) is 15.8. The van der Waals surface area contributed by atoms with E-state index in [9.17, 15) is 0 Å². The summed E-state index contributed by atoms with van der Waals surface area (Å²) < 4.78 is 2.08. The number of aryl methyl sites for hydroxylation is 4. The fraction of sp³-hybridized carbons (Fsp3) is 0.300. The van der Waals surface area contributed by atoms with E-state index in [-0.39, 0.29) is 0 Å². The Morgan fingerprint density at radius 1 is 0.913 bits per heavy atom. The first kappa shape index (κ1) is 14.2. The standard InChI is InChI=1S/C20H21N3/c1-14-6-8-16(9-7-14)17-10-11-18(15(2)13-17)20-21-19-5-3-4-12-23(19)22-20/h6-11,13H,3-5,12H2,1-2H3. The van der Waals surface area contributed by atoms with Gasteiger partial charge in [-0.1, -0.05) is 48.0 Å². The first-order chi connectivity index (χ1) is 11.2. The van der Waals surface area contributed by atoms with Gasteiger partial charge in [0.25, 0.3) is 0 Å². The number of hydrogen-bond acceptors (Lipinski definition) is 2. The highest BCUT2D eigenvalue weighted by Gasteiger charge is 2.16. The van der Waals surface area contributed by atoms with Gasteiger partial charge in [0.05, 0.1) is 0 Å². The monoisotopic (exact) mass is 303 g/mol. The second kappa shape index (κ2) is 5.65. The largest absolute Gasteiger partial charge is 0.249 e. The minimum atomic E-state index is 0.870. The number of rotatable bonds is 2. The molecule has 1 aliphatic rings. The van der Waals surface area contributed by atoms with Gasteiger partial charge in [-0.2, -0.15) is 5.10 Å². The summed E-state index contributed by atoms with van der Waals surface area (Å²) in [6.45, 7) is 5.26. The molecule has 1 aliphatic heterocycles. The molecule has 3 nitrogen and oxygen atoms in total. The first-order valence-corrected chi connectivity index (χ1v) is 8.32. The van der Waals surface area contributed by atoms with Crippen molar-refractivity contribution in [3.05, 3.63) is 59.4 Å². The van der Waals surface area contributed by atoms with Crippen molar-refractivity contribution in [2.75, 3.05) is 0 Å². The predicted octanol–water partition coefficient (Wildman–Crippen LogP) is 4.57. The van der Waals surface area contributed by atoms with Crippen LogP contribution >= 0.6 is 0 Å². The Bertz CT molecular complexity index is 820. The number of benzene rings is 2. The number of nitrogens with zero attached hydrogens (tertiary/aromatic N) is 3. The molecule has 3 heteroatoms. The molecule has 0 fully saturated rings. The van der Waals surface area contributed by atoms with Crippen LogP contribution in [0.2, 0.25) is 0 Å². The summed E-state index contributed by atoms with van der Waals surface area (Å²) in [4.78, 5) is 4.75. The molecule has 0 saturated heterocycles. The molecule has 1 aromatic heterocycles. The van der Waals surface area contributed by atoms with Crippen LogP contribution in [0.15, 0.2) is 42.5 Å². The second-order valence-electron chi connectivity index (χ2n) is 6.43. The molecule has 0 spiro atoms. The fourth-order valence-electron chi connectivity index (χ4n) is 3.24. The minimum Gasteiger partial charge on any atom is -0.249 e. The van der Waals surface area contributed by atoms with Crippen LogP contribution in [0.4, 0.5) is 0 Å². The lowest BCUT2D eigenvalue weighted by Gasteiger charge is -2.09. The van der Waals surface area contributed by atoms with E-state index >= 15 is 0 Å². The lowest BCUT2D eigenvalue weighted by atomic mass is 9.99. The van der Waals surface area contributed by atoms with Gasteiger partial charge in [0.2, 0.25) is 0 Å². The molecular weight excluding hydrogens is 282 g/mol. The molecule has 0 bridgehead atoms. The third kappa shape index (κ3) is 2.67. The molecule has 116 valence electrons. The number of hydrogen-bond donors (Lipinski definition) is 0. The van der Waals surface area contributed by atoms with Crippen molar-refractivity contribution in [1.29, 1.82) is 0 Å². The van der Waals surface area contributed by atoms with Crippen molar-refractivity contribution >= 4 is 0 Å². The molecule has 3 aromatic rings. The normalized spacial score (nSPS) is 13.8. The molecule has 0 saturated carbocycles.